The molecule has 88 valence electrons. The molecule has 1 unspecified atom stereocenters. The quantitative estimate of drug-likeness (QED) is 0.873. The van der Waals surface area contributed by atoms with Gasteiger partial charge in [0.25, 0.3) is 0 Å². The van der Waals surface area contributed by atoms with Gasteiger partial charge in [0, 0.05) is 10.5 Å². The standard InChI is InChI=1S/C13H17BrFN/c1-2-16-13(9-3-4-9)7-10-5-6-11(15)8-12(10)14/h5-6,8-9,13,16H,2-4,7H2,1H3. The van der Waals surface area contributed by atoms with Crippen LogP contribution in [0.15, 0.2) is 22.7 Å². The molecular formula is C13H17BrFN. The Kier molecular flexibility index (Phi) is 3.98. The van der Waals surface area contributed by atoms with Crippen LogP contribution in [0.2, 0.25) is 0 Å². The van der Waals surface area contributed by atoms with Gasteiger partial charge < -0.3 is 5.32 Å². The van der Waals surface area contributed by atoms with E-state index in [-0.39, 0.29) is 5.82 Å². The van der Waals surface area contributed by atoms with E-state index in [1.165, 1.54) is 24.5 Å². The van der Waals surface area contributed by atoms with E-state index in [2.05, 4.69) is 28.2 Å². The van der Waals surface area contributed by atoms with Crippen molar-refractivity contribution in [2.24, 2.45) is 5.92 Å². The Balaban J connectivity index is 2.05. The summed E-state index contributed by atoms with van der Waals surface area (Å²) < 4.78 is 13.8. The minimum absolute atomic E-state index is 0.179. The highest BCUT2D eigenvalue weighted by Gasteiger charge is 2.30. The third-order valence-electron chi connectivity index (χ3n) is 3.11. The molecule has 1 N–H and O–H groups in total. The second kappa shape index (κ2) is 5.28. The second-order valence-corrected chi connectivity index (χ2v) is 5.30. The van der Waals surface area contributed by atoms with Crippen molar-refractivity contribution in [1.82, 2.24) is 5.32 Å². The molecule has 1 aliphatic rings. The lowest BCUT2D eigenvalue weighted by atomic mass is 10.0. The van der Waals surface area contributed by atoms with Crippen molar-refractivity contribution < 1.29 is 4.39 Å². The molecule has 0 bridgehead atoms. The van der Waals surface area contributed by atoms with E-state index in [4.69, 9.17) is 0 Å². The van der Waals surface area contributed by atoms with Crippen molar-refractivity contribution in [3.8, 4) is 0 Å². The van der Waals surface area contributed by atoms with Gasteiger partial charge in [-0.15, -0.1) is 0 Å². The molecule has 0 radical (unpaired) electrons. The highest BCUT2D eigenvalue weighted by atomic mass is 79.9. The first-order valence-corrected chi connectivity index (χ1v) is 6.67. The minimum Gasteiger partial charge on any atom is -0.314 e. The van der Waals surface area contributed by atoms with Gasteiger partial charge in [-0.3, -0.25) is 0 Å². The van der Waals surface area contributed by atoms with Crippen LogP contribution in [-0.4, -0.2) is 12.6 Å². The topological polar surface area (TPSA) is 12.0 Å². The molecule has 1 aromatic carbocycles. The van der Waals surface area contributed by atoms with Crippen LogP contribution in [-0.2, 0) is 6.42 Å². The zero-order chi connectivity index (χ0) is 11.5. The van der Waals surface area contributed by atoms with Gasteiger partial charge in [-0.05, 0) is 49.4 Å². The van der Waals surface area contributed by atoms with Gasteiger partial charge in [-0.1, -0.05) is 28.9 Å². The first kappa shape index (κ1) is 12.1. The maximum Gasteiger partial charge on any atom is 0.124 e. The zero-order valence-electron chi connectivity index (χ0n) is 9.47. The molecule has 0 saturated heterocycles. The summed E-state index contributed by atoms with van der Waals surface area (Å²) in [5.41, 5.74) is 1.19. The smallest absolute Gasteiger partial charge is 0.124 e. The first-order chi connectivity index (χ1) is 7.70. The first-order valence-electron chi connectivity index (χ1n) is 5.88. The maximum atomic E-state index is 13.0. The Morgan fingerprint density at radius 2 is 2.25 bits per heavy atom. The fourth-order valence-corrected chi connectivity index (χ4v) is 2.60. The molecule has 1 fully saturated rings. The lowest BCUT2D eigenvalue weighted by Crippen LogP contribution is -2.33. The number of halogens is 2. The SMILES string of the molecule is CCNC(Cc1ccc(F)cc1Br)C1CC1. The van der Waals surface area contributed by atoms with Crippen LogP contribution < -0.4 is 5.32 Å². The van der Waals surface area contributed by atoms with Crippen LogP contribution in [0.25, 0.3) is 0 Å². The molecule has 0 aliphatic heterocycles. The Morgan fingerprint density at radius 3 is 2.81 bits per heavy atom. The molecule has 0 heterocycles. The van der Waals surface area contributed by atoms with Gasteiger partial charge in [0.15, 0.2) is 0 Å². The molecule has 3 heteroatoms. The van der Waals surface area contributed by atoms with E-state index < -0.39 is 0 Å². The number of rotatable bonds is 5. The minimum atomic E-state index is -0.179. The van der Waals surface area contributed by atoms with Crippen LogP contribution in [0.5, 0.6) is 0 Å². The molecule has 1 aromatic rings. The van der Waals surface area contributed by atoms with Crippen molar-refractivity contribution in [3.05, 3.63) is 34.1 Å². The van der Waals surface area contributed by atoms with Gasteiger partial charge in [0.1, 0.15) is 5.82 Å². The van der Waals surface area contributed by atoms with Gasteiger partial charge in [-0.2, -0.15) is 0 Å². The fourth-order valence-electron chi connectivity index (χ4n) is 2.09. The summed E-state index contributed by atoms with van der Waals surface area (Å²) in [6.45, 7) is 3.13. The summed E-state index contributed by atoms with van der Waals surface area (Å²) in [7, 11) is 0. The molecule has 1 nitrogen and oxygen atoms in total. The van der Waals surface area contributed by atoms with Crippen LogP contribution in [0.4, 0.5) is 4.39 Å². The highest BCUT2D eigenvalue weighted by molar-refractivity contribution is 9.10. The monoisotopic (exact) mass is 285 g/mol. The van der Waals surface area contributed by atoms with E-state index >= 15 is 0 Å². The number of likely N-dealkylation sites (N-methyl/N-ethyl adjacent to an activating group) is 1. The van der Waals surface area contributed by atoms with E-state index in [0.717, 1.165) is 23.4 Å². The third kappa shape index (κ3) is 3.05. The van der Waals surface area contributed by atoms with Crippen LogP contribution in [0.1, 0.15) is 25.3 Å². The molecule has 2 rings (SSSR count). The number of hydrogen-bond acceptors (Lipinski definition) is 1. The third-order valence-corrected chi connectivity index (χ3v) is 3.85. The molecule has 16 heavy (non-hydrogen) atoms. The van der Waals surface area contributed by atoms with Crippen molar-refractivity contribution in [2.45, 2.75) is 32.2 Å². The molecular weight excluding hydrogens is 269 g/mol. The van der Waals surface area contributed by atoms with Crippen molar-refractivity contribution in [1.29, 1.82) is 0 Å². The molecule has 0 amide bonds. The summed E-state index contributed by atoms with van der Waals surface area (Å²) in [6.07, 6.45) is 3.65. The lowest BCUT2D eigenvalue weighted by molar-refractivity contribution is 0.471. The van der Waals surface area contributed by atoms with E-state index in [1.807, 2.05) is 6.07 Å². The Bertz CT molecular complexity index is 363. The van der Waals surface area contributed by atoms with Crippen molar-refractivity contribution in [3.63, 3.8) is 0 Å². The van der Waals surface area contributed by atoms with E-state index in [9.17, 15) is 4.39 Å². The highest BCUT2D eigenvalue weighted by Crippen LogP contribution is 2.35. The van der Waals surface area contributed by atoms with E-state index in [1.54, 1.807) is 6.07 Å². The zero-order valence-corrected chi connectivity index (χ0v) is 11.1. The average molecular weight is 286 g/mol. The normalized spacial score (nSPS) is 17.4. The summed E-state index contributed by atoms with van der Waals surface area (Å²) in [5.74, 6) is 0.638. The number of hydrogen-bond donors (Lipinski definition) is 1. The van der Waals surface area contributed by atoms with Crippen LogP contribution in [0.3, 0.4) is 0 Å². The van der Waals surface area contributed by atoms with Gasteiger partial charge >= 0.3 is 0 Å². The van der Waals surface area contributed by atoms with E-state index in [0.29, 0.717) is 6.04 Å². The van der Waals surface area contributed by atoms with Gasteiger partial charge in [-0.25, -0.2) is 4.39 Å². The van der Waals surface area contributed by atoms with Crippen molar-refractivity contribution in [2.75, 3.05) is 6.54 Å². The Morgan fingerprint density at radius 1 is 1.50 bits per heavy atom. The van der Waals surface area contributed by atoms with Gasteiger partial charge in [0.05, 0.1) is 0 Å². The summed E-state index contributed by atoms with van der Waals surface area (Å²) in [4.78, 5) is 0. The molecule has 1 saturated carbocycles. The predicted molar refractivity (Wildman–Crippen MR) is 68.0 cm³/mol. The summed E-state index contributed by atoms with van der Waals surface area (Å²) in [5, 5.41) is 3.52. The second-order valence-electron chi connectivity index (χ2n) is 4.44. The van der Waals surface area contributed by atoms with Crippen LogP contribution >= 0.6 is 15.9 Å². The largest absolute Gasteiger partial charge is 0.314 e. The maximum absolute atomic E-state index is 13.0. The number of nitrogens with one attached hydrogen (secondary N) is 1. The Labute approximate surface area is 105 Å². The van der Waals surface area contributed by atoms with Crippen molar-refractivity contribution >= 4 is 15.9 Å². The average Bonchev–Trinajstić information content (AvgIpc) is 3.04. The molecule has 1 atom stereocenters. The summed E-state index contributed by atoms with van der Waals surface area (Å²) in [6, 6.07) is 5.51. The Hall–Kier alpha value is -0.410. The molecule has 0 aromatic heterocycles. The van der Waals surface area contributed by atoms with Gasteiger partial charge in [0.2, 0.25) is 0 Å². The number of benzene rings is 1. The molecule has 0 spiro atoms. The fraction of sp³-hybridized carbons (Fsp3) is 0.538. The predicted octanol–water partition coefficient (Wildman–Crippen LogP) is 3.52. The summed E-state index contributed by atoms with van der Waals surface area (Å²) >= 11 is 3.43. The lowest BCUT2D eigenvalue weighted by Gasteiger charge is -2.18. The molecule has 1 aliphatic carbocycles. The van der Waals surface area contributed by atoms with Crippen LogP contribution in [0, 0.1) is 11.7 Å².